The molecular formula is C19H20N6O3S. The standard InChI is InChI=1S/C19H20N6O3S/c1-13-10-14(25(27)28)2-3-16(13)22-17(26)11-23-5-7-24(8-6-23)18-15-4-9-29-19(15)21-12-20-18/h2-4,9-10,12H,5-8,11H2,1H3,(H,22,26). The molecule has 0 bridgehead atoms. The number of nitrogens with zero attached hydrogens (tertiary/aromatic N) is 5. The molecule has 2 aromatic heterocycles. The molecule has 0 radical (unpaired) electrons. The van der Waals surface area contributed by atoms with Crippen LogP contribution in [0, 0.1) is 17.0 Å². The minimum Gasteiger partial charge on any atom is -0.353 e. The maximum absolute atomic E-state index is 12.4. The van der Waals surface area contributed by atoms with Crippen LogP contribution < -0.4 is 10.2 Å². The molecule has 1 N–H and O–H groups in total. The van der Waals surface area contributed by atoms with Crippen molar-refractivity contribution in [2.45, 2.75) is 6.92 Å². The van der Waals surface area contributed by atoms with Gasteiger partial charge >= 0.3 is 0 Å². The summed E-state index contributed by atoms with van der Waals surface area (Å²) in [5.41, 5.74) is 1.28. The summed E-state index contributed by atoms with van der Waals surface area (Å²) in [6, 6.07) is 6.47. The number of aryl methyl sites for hydroxylation is 1. The Morgan fingerprint density at radius 1 is 1.24 bits per heavy atom. The van der Waals surface area contributed by atoms with E-state index in [4.69, 9.17) is 0 Å². The Balaban J connectivity index is 1.33. The highest BCUT2D eigenvalue weighted by atomic mass is 32.1. The average Bonchev–Trinajstić information content (AvgIpc) is 3.19. The van der Waals surface area contributed by atoms with E-state index in [9.17, 15) is 14.9 Å². The topological polar surface area (TPSA) is 104 Å². The number of hydrogen-bond donors (Lipinski definition) is 1. The van der Waals surface area contributed by atoms with Gasteiger partial charge in [-0.05, 0) is 30.0 Å². The molecule has 3 aromatic rings. The molecule has 3 heterocycles. The molecule has 1 saturated heterocycles. The first-order valence-electron chi connectivity index (χ1n) is 9.21. The van der Waals surface area contributed by atoms with Crippen LogP contribution in [0.5, 0.6) is 0 Å². The van der Waals surface area contributed by atoms with Crippen molar-refractivity contribution < 1.29 is 9.72 Å². The van der Waals surface area contributed by atoms with Crippen molar-refractivity contribution >= 4 is 44.7 Å². The van der Waals surface area contributed by atoms with Crippen LogP contribution in [0.15, 0.2) is 36.0 Å². The van der Waals surface area contributed by atoms with Gasteiger partial charge in [0.15, 0.2) is 0 Å². The lowest BCUT2D eigenvalue weighted by Crippen LogP contribution is -2.49. The largest absolute Gasteiger partial charge is 0.353 e. The van der Waals surface area contributed by atoms with E-state index >= 15 is 0 Å². The van der Waals surface area contributed by atoms with E-state index in [1.807, 2.05) is 11.4 Å². The number of fused-ring (bicyclic) bond motifs is 1. The van der Waals surface area contributed by atoms with Crippen molar-refractivity contribution in [3.63, 3.8) is 0 Å². The van der Waals surface area contributed by atoms with Crippen molar-refractivity contribution in [1.29, 1.82) is 0 Å². The van der Waals surface area contributed by atoms with Crippen LogP contribution in [-0.4, -0.2) is 58.4 Å². The molecule has 0 atom stereocenters. The highest BCUT2D eigenvalue weighted by Gasteiger charge is 2.22. The summed E-state index contributed by atoms with van der Waals surface area (Å²) in [6.45, 7) is 5.10. The SMILES string of the molecule is Cc1cc([N+](=O)[O-])ccc1NC(=O)CN1CCN(c2ncnc3sccc23)CC1. The normalized spacial score (nSPS) is 14.9. The first kappa shape index (κ1) is 19.2. The molecule has 10 heteroatoms. The second-order valence-electron chi connectivity index (χ2n) is 6.90. The third-order valence-electron chi connectivity index (χ3n) is 4.97. The summed E-state index contributed by atoms with van der Waals surface area (Å²) in [5, 5.41) is 16.8. The van der Waals surface area contributed by atoms with Gasteiger partial charge < -0.3 is 10.2 Å². The predicted octanol–water partition coefficient (Wildman–Crippen LogP) is 2.67. The Hall–Kier alpha value is -3.11. The monoisotopic (exact) mass is 412 g/mol. The maximum atomic E-state index is 12.4. The van der Waals surface area contributed by atoms with E-state index in [0.29, 0.717) is 11.3 Å². The molecule has 1 aliphatic heterocycles. The van der Waals surface area contributed by atoms with Crippen LogP contribution in [0.4, 0.5) is 17.2 Å². The Kier molecular flexibility index (Phi) is 5.36. The number of benzene rings is 1. The molecule has 0 aliphatic carbocycles. The first-order chi connectivity index (χ1) is 14.0. The minimum absolute atomic E-state index is 0.0149. The third-order valence-corrected chi connectivity index (χ3v) is 5.80. The lowest BCUT2D eigenvalue weighted by molar-refractivity contribution is -0.384. The lowest BCUT2D eigenvalue weighted by atomic mass is 10.2. The second-order valence-corrected chi connectivity index (χ2v) is 7.80. The number of nitro groups is 1. The predicted molar refractivity (Wildman–Crippen MR) is 113 cm³/mol. The molecule has 4 rings (SSSR count). The number of thiophene rings is 1. The van der Waals surface area contributed by atoms with E-state index in [2.05, 4.69) is 25.1 Å². The quantitative estimate of drug-likeness (QED) is 0.507. The van der Waals surface area contributed by atoms with Gasteiger partial charge in [0.25, 0.3) is 5.69 Å². The highest BCUT2D eigenvalue weighted by Crippen LogP contribution is 2.27. The van der Waals surface area contributed by atoms with Crippen LogP contribution >= 0.6 is 11.3 Å². The fraction of sp³-hybridized carbons (Fsp3) is 0.316. The molecule has 1 aliphatic rings. The summed E-state index contributed by atoms with van der Waals surface area (Å²) >= 11 is 1.60. The molecule has 9 nitrogen and oxygen atoms in total. The summed E-state index contributed by atoms with van der Waals surface area (Å²) in [6.07, 6.45) is 1.60. The number of piperazine rings is 1. The van der Waals surface area contributed by atoms with Crippen molar-refractivity contribution in [3.05, 3.63) is 51.7 Å². The number of aromatic nitrogens is 2. The van der Waals surface area contributed by atoms with Gasteiger partial charge in [-0.1, -0.05) is 0 Å². The van der Waals surface area contributed by atoms with Crippen molar-refractivity contribution in [2.24, 2.45) is 0 Å². The van der Waals surface area contributed by atoms with Crippen molar-refractivity contribution in [3.8, 4) is 0 Å². The van der Waals surface area contributed by atoms with E-state index < -0.39 is 4.92 Å². The van der Waals surface area contributed by atoms with Crippen LogP contribution in [0.25, 0.3) is 10.2 Å². The molecule has 150 valence electrons. The Morgan fingerprint density at radius 2 is 2.03 bits per heavy atom. The molecule has 1 amide bonds. The Labute approximate surface area is 171 Å². The second kappa shape index (κ2) is 8.10. The van der Waals surface area contributed by atoms with Gasteiger partial charge in [-0.2, -0.15) is 0 Å². The molecule has 0 saturated carbocycles. The molecule has 0 unspecified atom stereocenters. The number of non-ortho nitro benzene ring substituents is 1. The molecule has 1 fully saturated rings. The lowest BCUT2D eigenvalue weighted by Gasteiger charge is -2.35. The highest BCUT2D eigenvalue weighted by molar-refractivity contribution is 7.16. The number of nitrogens with one attached hydrogen (secondary N) is 1. The van der Waals surface area contributed by atoms with Gasteiger partial charge in [-0.3, -0.25) is 19.8 Å². The van der Waals surface area contributed by atoms with E-state index in [1.165, 1.54) is 12.1 Å². The van der Waals surface area contributed by atoms with Crippen LogP contribution in [0.3, 0.4) is 0 Å². The first-order valence-corrected chi connectivity index (χ1v) is 10.1. The Morgan fingerprint density at radius 3 is 2.76 bits per heavy atom. The van der Waals surface area contributed by atoms with Gasteiger partial charge in [-0.25, -0.2) is 9.97 Å². The van der Waals surface area contributed by atoms with Gasteiger partial charge in [-0.15, -0.1) is 11.3 Å². The number of rotatable bonds is 5. The number of carbonyl (C=O) groups is 1. The van der Waals surface area contributed by atoms with Crippen LogP contribution in [-0.2, 0) is 4.79 Å². The number of amides is 1. The molecule has 1 aromatic carbocycles. The average molecular weight is 412 g/mol. The molecule has 0 spiro atoms. The third kappa shape index (κ3) is 4.17. The smallest absolute Gasteiger partial charge is 0.269 e. The van der Waals surface area contributed by atoms with Crippen molar-refractivity contribution in [2.75, 3.05) is 42.9 Å². The van der Waals surface area contributed by atoms with Gasteiger partial charge in [0.05, 0.1) is 16.9 Å². The summed E-state index contributed by atoms with van der Waals surface area (Å²) in [4.78, 5) is 36.9. The van der Waals surface area contributed by atoms with Crippen LogP contribution in [0.1, 0.15) is 5.56 Å². The van der Waals surface area contributed by atoms with E-state index in [0.717, 1.165) is 42.2 Å². The summed E-state index contributed by atoms with van der Waals surface area (Å²) in [7, 11) is 0. The zero-order valence-corrected chi connectivity index (χ0v) is 16.7. The number of hydrogen-bond acceptors (Lipinski definition) is 8. The fourth-order valence-electron chi connectivity index (χ4n) is 3.44. The van der Waals surface area contributed by atoms with Crippen LogP contribution in [0.2, 0.25) is 0 Å². The van der Waals surface area contributed by atoms with Gasteiger partial charge in [0, 0.05) is 44.0 Å². The number of anilines is 2. The van der Waals surface area contributed by atoms with E-state index in [-0.39, 0.29) is 18.1 Å². The van der Waals surface area contributed by atoms with Crippen molar-refractivity contribution in [1.82, 2.24) is 14.9 Å². The fourth-order valence-corrected chi connectivity index (χ4v) is 4.17. The zero-order valence-electron chi connectivity index (χ0n) is 15.9. The molecular weight excluding hydrogens is 392 g/mol. The van der Waals surface area contributed by atoms with Gasteiger partial charge in [0.1, 0.15) is 17.0 Å². The minimum atomic E-state index is -0.445. The zero-order chi connectivity index (χ0) is 20.4. The summed E-state index contributed by atoms with van der Waals surface area (Å²) in [5.74, 6) is 0.819. The Bertz CT molecular complexity index is 1060. The molecule has 29 heavy (non-hydrogen) atoms. The summed E-state index contributed by atoms with van der Waals surface area (Å²) < 4.78 is 0. The van der Waals surface area contributed by atoms with E-state index in [1.54, 1.807) is 30.7 Å². The number of carbonyl (C=O) groups excluding carboxylic acids is 1. The number of nitro benzene ring substituents is 1. The van der Waals surface area contributed by atoms with Gasteiger partial charge in [0.2, 0.25) is 5.91 Å². The maximum Gasteiger partial charge on any atom is 0.269 e.